The van der Waals surface area contributed by atoms with E-state index in [0.717, 1.165) is 0 Å². The predicted molar refractivity (Wildman–Crippen MR) is 46.6 cm³/mol. The average molecular weight is 151 g/mol. The van der Waals surface area contributed by atoms with Gasteiger partial charge in [0, 0.05) is 0 Å². The van der Waals surface area contributed by atoms with Gasteiger partial charge in [0.15, 0.2) is 0 Å². The monoisotopic (exact) mass is 151 g/mol. The summed E-state index contributed by atoms with van der Waals surface area (Å²) in [5, 5.41) is 1.80. The number of rotatable bonds is 0. The lowest BCUT2D eigenvalue weighted by Crippen LogP contribution is -2.13. The molecule has 0 bridgehead atoms. The second kappa shape index (κ2) is 2.27. The zero-order chi connectivity index (χ0) is 6.97. The standard InChI is InChI=1S/C8H9NS/c1-6-9-7-4-2-3-5-8(7)10-6/h2-5,7-8H,1H3. The van der Waals surface area contributed by atoms with E-state index in [1.54, 1.807) is 0 Å². The maximum atomic E-state index is 4.45. The third-order valence-electron chi connectivity index (χ3n) is 1.69. The molecule has 1 aliphatic carbocycles. The maximum absolute atomic E-state index is 4.45. The minimum Gasteiger partial charge on any atom is -0.274 e. The van der Waals surface area contributed by atoms with Crippen LogP contribution >= 0.6 is 11.8 Å². The highest BCUT2D eigenvalue weighted by Crippen LogP contribution is 2.30. The summed E-state index contributed by atoms with van der Waals surface area (Å²) in [5.41, 5.74) is 0. The molecule has 2 heteroatoms. The highest BCUT2D eigenvalue weighted by molar-refractivity contribution is 8.14. The summed E-state index contributed by atoms with van der Waals surface area (Å²) in [6.07, 6.45) is 8.55. The van der Waals surface area contributed by atoms with Gasteiger partial charge in [-0.15, -0.1) is 11.8 Å². The van der Waals surface area contributed by atoms with Crippen molar-refractivity contribution in [2.24, 2.45) is 4.99 Å². The highest BCUT2D eigenvalue weighted by atomic mass is 32.2. The molecule has 0 saturated heterocycles. The number of aliphatic imine (C=N–C) groups is 1. The van der Waals surface area contributed by atoms with E-state index in [-0.39, 0.29) is 0 Å². The Balaban J connectivity index is 2.24. The van der Waals surface area contributed by atoms with Crippen LogP contribution in [-0.2, 0) is 0 Å². The second-order valence-electron chi connectivity index (χ2n) is 2.49. The molecule has 0 radical (unpaired) electrons. The van der Waals surface area contributed by atoms with Gasteiger partial charge in [0.2, 0.25) is 0 Å². The van der Waals surface area contributed by atoms with Gasteiger partial charge in [-0.2, -0.15) is 0 Å². The van der Waals surface area contributed by atoms with Crippen LogP contribution in [0.4, 0.5) is 0 Å². The van der Waals surface area contributed by atoms with Gasteiger partial charge < -0.3 is 0 Å². The van der Waals surface area contributed by atoms with Gasteiger partial charge in [-0.3, -0.25) is 4.99 Å². The van der Waals surface area contributed by atoms with Gasteiger partial charge in [0.25, 0.3) is 0 Å². The number of nitrogens with zero attached hydrogens (tertiary/aromatic N) is 1. The van der Waals surface area contributed by atoms with Crippen molar-refractivity contribution in [2.75, 3.05) is 0 Å². The fourth-order valence-corrected chi connectivity index (χ4v) is 2.27. The Kier molecular flexibility index (Phi) is 1.42. The molecule has 0 amide bonds. The minimum atomic E-state index is 0.426. The Morgan fingerprint density at radius 1 is 1.40 bits per heavy atom. The van der Waals surface area contributed by atoms with Crippen LogP contribution < -0.4 is 0 Å². The fourth-order valence-electron chi connectivity index (χ4n) is 1.24. The molecule has 0 fully saturated rings. The van der Waals surface area contributed by atoms with E-state index in [9.17, 15) is 0 Å². The first-order chi connectivity index (χ1) is 4.86. The second-order valence-corrected chi connectivity index (χ2v) is 3.86. The van der Waals surface area contributed by atoms with Gasteiger partial charge in [0.05, 0.1) is 16.3 Å². The molecule has 0 spiro atoms. The molecule has 52 valence electrons. The normalized spacial score (nSPS) is 35.9. The summed E-state index contributed by atoms with van der Waals surface area (Å²) < 4.78 is 0. The van der Waals surface area contributed by atoms with E-state index in [0.29, 0.717) is 11.3 Å². The minimum absolute atomic E-state index is 0.426. The van der Waals surface area contributed by atoms with Crippen LogP contribution in [0, 0.1) is 0 Å². The molecule has 1 nitrogen and oxygen atoms in total. The predicted octanol–water partition coefficient (Wildman–Crippen LogP) is 2.01. The number of thioether (sulfide) groups is 1. The highest BCUT2D eigenvalue weighted by Gasteiger charge is 2.24. The Morgan fingerprint density at radius 3 is 3.00 bits per heavy atom. The molecule has 0 saturated carbocycles. The lowest BCUT2D eigenvalue weighted by Gasteiger charge is -2.10. The van der Waals surface area contributed by atoms with Crippen molar-refractivity contribution in [2.45, 2.75) is 18.2 Å². The van der Waals surface area contributed by atoms with Crippen molar-refractivity contribution in [1.29, 1.82) is 0 Å². The average Bonchev–Trinajstić information content (AvgIpc) is 2.27. The lowest BCUT2D eigenvalue weighted by molar-refractivity contribution is 0.861. The molecule has 1 heterocycles. The van der Waals surface area contributed by atoms with Crippen LogP contribution in [0.2, 0.25) is 0 Å². The van der Waals surface area contributed by atoms with Crippen LogP contribution in [0.1, 0.15) is 6.92 Å². The van der Waals surface area contributed by atoms with Crippen LogP contribution in [0.15, 0.2) is 29.3 Å². The molecule has 0 aromatic heterocycles. The number of hydrogen-bond acceptors (Lipinski definition) is 2. The van der Waals surface area contributed by atoms with E-state index in [4.69, 9.17) is 0 Å². The molecule has 10 heavy (non-hydrogen) atoms. The van der Waals surface area contributed by atoms with Crippen molar-refractivity contribution in [3.8, 4) is 0 Å². The van der Waals surface area contributed by atoms with Crippen LogP contribution in [-0.4, -0.2) is 16.3 Å². The van der Waals surface area contributed by atoms with Crippen molar-refractivity contribution in [1.82, 2.24) is 0 Å². The van der Waals surface area contributed by atoms with Crippen molar-refractivity contribution >= 4 is 16.8 Å². The first-order valence-corrected chi connectivity index (χ1v) is 4.30. The molecule has 2 atom stereocenters. The molecule has 2 unspecified atom stereocenters. The van der Waals surface area contributed by atoms with Gasteiger partial charge in [-0.05, 0) is 6.92 Å². The fraction of sp³-hybridized carbons (Fsp3) is 0.375. The zero-order valence-electron chi connectivity index (χ0n) is 5.82. The topological polar surface area (TPSA) is 12.4 Å². The third kappa shape index (κ3) is 0.926. The summed E-state index contributed by atoms with van der Waals surface area (Å²) >= 11 is 1.86. The van der Waals surface area contributed by atoms with E-state index in [1.165, 1.54) is 5.04 Å². The van der Waals surface area contributed by atoms with E-state index < -0.39 is 0 Å². The smallest absolute Gasteiger partial charge is 0.0849 e. The van der Waals surface area contributed by atoms with Crippen LogP contribution in [0.25, 0.3) is 0 Å². The van der Waals surface area contributed by atoms with Crippen molar-refractivity contribution in [3.63, 3.8) is 0 Å². The third-order valence-corrected chi connectivity index (χ3v) is 2.85. The molecule has 0 N–H and O–H groups in total. The SMILES string of the molecule is CC1=NC2C=CC=CC2S1. The quantitative estimate of drug-likeness (QED) is 0.516. The molecular weight excluding hydrogens is 142 g/mol. The summed E-state index contributed by atoms with van der Waals surface area (Å²) in [5.74, 6) is 0. The molecular formula is C8H9NS. The first kappa shape index (κ1) is 6.23. The summed E-state index contributed by atoms with van der Waals surface area (Å²) in [6, 6.07) is 0.426. The Morgan fingerprint density at radius 2 is 2.20 bits per heavy atom. The van der Waals surface area contributed by atoms with Gasteiger partial charge >= 0.3 is 0 Å². The number of hydrogen-bond donors (Lipinski definition) is 0. The summed E-state index contributed by atoms with van der Waals surface area (Å²) in [6.45, 7) is 2.07. The largest absolute Gasteiger partial charge is 0.274 e. The Hall–Kier alpha value is -0.500. The van der Waals surface area contributed by atoms with Gasteiger partial charge in [-0.1, -0.05) is 24.3 Å². The maximum Gasteiger partial charge on any atom is 0.0849 e. The lowest BCUT2D eigenvalue weighted by atomic mass is 10.1. The van der Waals surface area contributed by atoms with Gasteiger partial charge in [0.1, 0.15) is 0 Å². The summed E-state index contributed by atoms with van der Waals surface area (Å²) in [7, 11) is 0. The van der Waals surface area contributed by atoms with E-state index in [1.807, 2.05) is 11.8 Å². The van der Waals surface area contributed by atoms with Crippen LogP contribution in [0.3, 0.4) is 0 Å². The molecule has 0 aromatic carbocycles. The molecule has 1 aliphatic heterocycles. The van der Waals surface area contributed by atoms with Crippen molar-refractivity contribution in [3.05, 3.63) is 24.3 Å². The van der Waals surface area contributed by atoms with Crippen LogP contribution in [0.5, 0.6) is 0 Å². The summed E-state index contributed by atoms with van der Waals surface area (Å²) in [4.78, 5) is 4.45. The molecule has 2 rings (SSSR count). The van der Waals surface area contributed by atoms with Crippen molar-refractivity contribution < 1.29 is 0 Å². The van der Waals surface area contributed by atoms with E-state index >= 15 is 0 Å². The Bertz CT molecular complexity index is 227. The molecule has 0 aromatic rings. The number of allylic oxidation sites excluding steroid dienone is 2. The van der Waals surface area contributed by atoms with Gasteiger partial charge in [-0.25, -0.2) is 0 Å². The molecule has 2 aliphatic rings. The number of fused-ring (bicyclic) bond motifs is 1. The Labute approximate surface area is 64.9 Å². The first-order valence-electron chi connectivity index (χ1n) is 3.42. The zero-order valence-corrected chi connectivity index (χ0v) is 6.64. The van der Waals surface area contributed by atoms with E-state index in [2.05, 4.69) is 36.2 Å².